The zero-order chi connectivity index (χ0) is 27.9. The van der Waals surface area contributed by atoms with E-state index in [0.717, 1.165) is 17.1 Å². The van der Waals surface area contributed by atoms with Gasteiger partial charge in [0.05, 0.1) is 11.0 Å². The van der Waals surface area contributed by atoms with Gasteiger partial charge in [0.1, 0.15) is 0 Å². The van der Waals surface area contributed by atoms with Crippen LogP contribution in [-0.4, -0.2) is 4.57 Å². The summed E-state index contributed by atoms with van der Waals surface area (Å²) in [7, 11) is 0. The molecule has 2 heteroatoms. The summed E-state index contributed by atoms with van der Waals surface area (Å²) in [6, 6.07) is 60.8. The zero-order valence-corrected chi connectivity index (χ0v) is 23.1. The van der Waals surface area contributed by atoms with Crippen LogP contribution in [-0.2, 0) is 0 Å². The van der Waals surface area contributed by atoms with Crippen LogP contribution in [0.2, 0.25) is 0 Å². The predicted molar refractivity (Wildman–Crippen MR) is 178 cm³/mol. The van der Waals surface area contributed by atoms with Crippen molar-refractivity contribution in [3.8, 4) is 16.8 Å². The van der Waals surface area contributed by atoms with Gasteiger partial charge in [0.15, 0.2) is 0 Å². The lowest BCUT2D eigenvalue weighted by molar-refractivity contribution is 1.19. The fourth-order valence-corrected chi connectivity index (χ4v) is 6.32. The third kappa shape index (κ3) is 3.96. The Morgan fingerprint density at radius 2 is 1.00 bits per heavy atom. The number of nitrogens with zero attached hydrogens (tertiary/aromatic N) is 2. The number of anilines is 3. The van der Waals surface area contributed by atoms with Crippen molar-refractivity contribution in [3.05, 3.63) is 170 Å². The Bertz CT molecular complexity index is 2140. The summed E-state index contributed by atoms with van der Waals surface area (Å²) in [5.74, 6) is 0. The number of benzene rings is 7. The Labute approximate surface area is 245 Å². The van der Waals surface area contributed by atoms with Gasteiger partial charge in [-0.3, -0.25) is 0 Å². The Morgan fingerprint density at radius 3 is 1.71 bits per heavy atom. The van der Waals surface area contributed by atoms with Crippen LogP contribution in [0.25, 0.3) is 49.4 Å². The van der Waals surface area contributed by atoms with Crippen molar-refractivity contribution in [2.45, 2.75) is 0 Å². The largest absolute Gasteiger partial charge is 0.310 e. The topological polar surface area (TPSA) is 8.17 Å². The summed E-state index contributed by atoms with van der Waals surface area (Å²) in [6.45, 7) is 0. The van der Waals surface area contributed by atoms with Crippen LogP contribution in [0.3, 0.4) is 0 Å². The quantitative estimate of drug-likeness (QED) is 0.212. The summed E-state index contributed by atoms with van der Waals surface area (Å²) in [5, 5.41) is 5.01. The van der Waals surface area contributed by atoms with E-state index in [4.69, 9.17) is 0 Å². The van der Waals surface area contributed by atoms with Gasteiger partial charge in [-0.2, -0.15) is 0 Å². The van der Waals surface area contributed by atoms with Crippen molar-refractivity contribution in [1.82, 2.24) is 4.57 Å². The Morgan fingerprint density at radius 1 is 0.429 bits per heavy atom. The summed E-state index contributed by atoms with van der Waals surface area (Å²) >= 11 is 0. The predicted octanol–water partition coefficient (Wildman–Crippen LogP) is 11.1. The molecule has 0 aliphatic carbocycles. The molecule has 8 rings (SSSR count). The number of para-hydroxylation sites is 4. The van der Waals surface area contributed by atoms with Gasteiger partial charge in [0.2, 0.25) is 0 Å². The second-order valence-corrected chi connectivity index (χ2v) is 10.6. The molecule has 2 nitrogen and oxygen atoms in total. The molecular weight excluding hydrogens is 508 g/mol. The molecule has 0 saturated carbocycles. The standard InChI is InChI=1S/C40H28N2/c1-4-17-31(18-5-1)41(32-19-6-2-7-20-32)34-23-14-16-29(27-34)37-28-30-15-10-11-24-35(30)40-39(37)36-25-12-13-26-38(36)42(40)33-21-8-3-9-22-33/h1-28H. The lowest BCUT2D eigenvalue weighted by atomic mass is 9.94. The molecule has 1 heterocycles. The molecule has 0 spiro atoms. The molecule has 0 aliphatic heterocycles. The molecule has 0 amide bonds. The molecule has 0 atom stereocenters. The molecule has 0 aliphatic rings. The van der Waals surface area contributed by atoms with E-state index < -0.39 is 0 Å². The van der Waals surface area contributed by atoms with E-state index in [1.807, 2.05) is 0 Å². The second kappa shape index (κ2) is 10.1. The molecular formula is C40H28N2. The van der Waals surface area contributed by atoms with E-state index in [2.05, 4.69) is 179 Å². The maximum absolute atomic E-state index is 2.43. The Kier molecular flexibility index (Phi) is 5.82. The first kappa shape index (κ1) is 24.2. The molecule has 7 aromatic carbocycles. The average Bonchev–Trinajstić information content (AvgIpc) is 3.42. The lowest BCUT2D eigenvalue weighted by Crippen LogP contribution is -2.09. The molecule has 0 saturated heterocycles. The van der Waals surface area contributed by atoms with Crippen LogP contribution < -0.4 is 4.90 Å². The van der Waals surface area contributed by atoms with Crippen LogP contribution in [0.5, 0.6) is 0 Å². The Hall–Kier alpha value is -5.60. The van der Waals surface area contributed by atoms with Gasteiger partial charge >= 0.3 is 0 Å². The molecule has 1 aromatic heterocycles. The van der Waals surface area contributed by atoms with Gasteiger partial charge in [-0.1, -0.05) is 109 Å². The third-order valence-electron chi connectivity index (χ3n) is 8.12. The van der Waals surface area contributed by atoms with Crippen LogP contribution in [0.15, 0.2) is 170 Å². The van der Waals surface area contributed by atoms with Crippen molar-refractivity contribution in [2.24, 2.45) is 0 Å². The maximum atomic E-state index is 2.43. The number of rotatable bonds is 5. The van der Waals surface area contributed by atoms with Gasteiger partial charge < -0.3 is 9.47 Å². The van der Waals surface area contributed by atoms with Crippen LogP contribution in [0, 0.1) is 0 Å². The first-order valence-electron chi connectivity index (χ1n) is 14.4. The highest BCUT2D eigenvalue weighted by molar-refractivity contribution is 6.24. The van der Waals surface area contributed by atoms with Gasteiger partial charge in [-0.25, -0.2) is 0 Å². The number of aromatic nitrogens is 1. The molecule has 198 valence electrons. The fraction of sp³-hybridized carbons (Fsp3) is 0. The number of hydrogen-bond donors (Lipinski definition) is 0. The van der Waals surface area contributed by atoms with E-state index >= 15 is 0 Å². The van der Waals surface area contributed by atoms with E-state index in [-0.39, 0.29) is 0 Å². The van der Waals surface area contributed by atoms with Crippen LogP contribution in [0.4, 0.5) is 17.1 Å². The first-order chi connectivity index (χ1) is 20.9. The van der Waals surface area contributed by atoms with Crippen molar-refractivity contribution >= 4 is 49.6 Å². The van der Waals surface area contributed by atoms with Crippen molar-refractivity contribution in [2.75, 3.05) is 4.90 Å². The molecule has 0 unspecified atom stereocenters. The van der Waals surface area contributed by atoms with Gasteiger partial charge in [-0.05, 0) is 77.2 Å². The molecule has 0 bridgehead atoms. The lowest BCUT2D eigenvalue weighted by Gasteiger charge is -2.26. The van der Waals surface area contributed by atoms with Crippen LogP contribution in [0.1, 0.15) is 0 Å². The van der Waals surface area contributed by atoms with Crippen molar-refractivity contribution in [3.63, 3.8) is 0 Å². The van der Waals surface area contributed by atoms with Crippen molar-refractivity contribution < 1.29 is 0 Å². The van der Waals surface area contributed by atoms with Crippen LogP contribution >= 0.6 is 0 Å². The van der Waals surface area contributed by atoms with E-state index in [1.54, 1.807) is 0 Å². The third-order valence-corrected chi connectivity index (χ3v) is 8.12. The Balaban J connectivity index is 1.44. The van der Waals surface area contributed by atoms with Gasteiger partial charge in [0, 0.05) is 38.9 Å². The summed E-state index contributed by atoms with van der Waals surface area (Å²) in [6.07, 6.45) is 0. The molecule has 8 aromatic rings. The minimum atomic E-state index is 1.12. The van der Waals surface area contributed by atoms with Crippen molar-refractivity contribution in [1.29, 1.82) is 0 Å². The summed E-state index contributed by atoms with van der Waals surface area (Å²) in [5.41, 5.74) is 9.42. The minimum Gasteiger partial charge on any atom is -0.310 e. The van der Waals surface area contributed by atoms with E-state index in [1.165, 1.54) is 49.4 Å². The highest BCUT2D eigenvalue weighted by atomic mass is 15.1. The summed E-state index contributed by atoms with van der Waals surface area (Å²) < 4.78 is 2.43. The first-order valence-corrected chi connectivity index (χ1v) is 14.4. The maximum Gasteiger partial charge on any atom is 0.0625 e. The SMILES string of the molecule is c1ccc(N(c2ccccc2)c2cccc(-c3cc4ccccc4c4c3c3ccccc3n4-c3ccccc3)c2)cc1. The van der Waals surface area contributed by atoms with Gasteiger partial charge in [-0.15, -0.1) is 0 Å². The number of fused-ring (bicyclic) bond motifs is 5. The molecule has 42 heavy (non-hydrogen) atoms. The summed E-state index contributed by atoms with van der Waals surface area (Å²) in [4.78, 5) is 2.33. The highest BCUT2D eigenvalue weighted by Gasteiger charge is 2.20. The zero-order valence-electron chi connectivity index (χ0n) is 23.1. The van der Waals surface area contributed by atoms with Gasteiger partial charge in [0.25, 0.3) is 0 Å². The second-order valence-electron chi connectivity index (χ2n) is 10.6. The number of hydrogen-bond acceptors (Lipinski definition) is 1. The molecule has 0 N–H and O–H groups in total. The average molecular weight is 537 g/mol. The molecule has 0 fully saturated rings. The normalized spacial score (nSPS) is 11.3. The van der Waals surface area contributed by atoms with E-state index in [9.17, 15) is 0 Å². The highest BCUT2D eigenvalue weighted by Crippen LogP contribution is 2.44. The minimum absolute atomic E-state index is 1.12. The monoisotopic (exact) mass is 536 g/mol. The van der Waals surface area contributed by atoms with E-state index in [0.29, 0.717) is 0 Å². The fourth-order valence-electron chi connectivity index (χ4n) is 6.32. The molecule has 0 radical (unpaired) electrons. The smallest absolute Gasteiger partial charge is 0.0625 e.